The van der Waals surface area contributed by atoms with Crippen LogP contribution >= 0.6 is 0 Å². The summed E-state index contributed by atoms with van der Waals surface area (Å²) in [5.74, 6) is -0.684. The Morgan fingerprint density at radius 1 is 1.09 bits per heavy atom. The maximum atomic E-state index is 11.8. The highest BCUT2D eigenvalue weighted by molar-refractivity contribution is 5.96. The molecule has 0 aliphatic heterocycles. The fraction of sp³-hybridized carbons (Fsp3) is 0.438. The lowest BCUT2D eigenvalue weighted by Crippen LogP contribution is -2.48. The van der Waals surface area contributed by atoms with E-state index in [0.717, 1.165) is 5.56 Å². The molecule has 0 saturated carbocycles. The van der Waals surface area contributed by atoms with Crippen molar-refractivity contribution in [2.75, 3.05) is 0 Å². The van der Waals surface area contributed by atoms with Gasteiger partial charge in [-0.25, -0.2) is 9.59 Å². The summed E-state index contributed by atoms with van der Waals surface area (Å²) in [7, 11) is 0. The van der Waals surface area contributed by atoms with Gasteiger partial charge in [-0.15, -0.1) is 0 Å². The van der Waals surface area contributed by atoms with E-state index in [0.29, 0.717) is 0 Å². The normalized spacial score (nSPS) is 12.0. The van der Waals surface area contributed by atoms with Crippen LogP contribution in [-0.4, -0.2) is 29.7 Å². The van der Waals surface area contributed by atoms with Crippen LogP contribution in [0.1, 0.15) is 33.3 Å². The van der Waals surface area contributed by atoms with Gasteiger partial charge in [0, 0.05) is 0 Å². The van der Waals surface area contributed by atoms with E-state index in [1.54, 1.807) is 20.8 Å². The van der Waals surface area contributed by atoms with Crippen LogP contribution in [0.4, 0.5) is 9.59 Å². The third-order valence-electron chi connectivity index (χ3n) is 2.56. The monoisotopic (exact) mass is 322 g/mol. The first-order valence-electron chi connectivity index (χ1n) is 7.18. The highest BCUT2D eigenvalue weighted by Crippen LogP contribution is 2.06. The summed E-state index contributed by atoms with van der Waals surface area (Å²) < 4.78 is 9.94. The number of carbonyl (C=O) groups is 3. The fourth-order valence-corrected chi connectivity index (χ4v) is 1.52. The zero-order valence-corrected chi connectivity index (χ0v) is 13.7. The quantitative estimate of drug-likeness (QED) is 0.887. The maximum absolute atomic E-state index is 11.8. The number of alkyl carbamates (subject to hydrolysis) is 2. The third-order valence-corrected chi connectivity index (χ3v) is 2.56. The predicted molar refractivity (Wildman–Crippen MR) is 83.6 cm³/mol. The van der Waals surface area contributed by atoms with Crippen LogP contribution in [0.15, 0.2) is 30.3 Å². The molecule has 0 aliphatic rings. The minimum Gasteiger partial charge on any atom is -0.445 e. The average Bonchev–Trinajstić information content (AvgIpc) is 2.44. The molecular formula is C16H22N2O5. The molecule has 1 rings (SSSR count). The molecule has 7 heteroatoms. The van der Waals surface area contributed by atoms with Crippen molar-refractivity contribution >= 4 is 18.1 Å². The topological polar surface area (TPSA) is 93.7 Å². The number of imide groups is 1. The first-order chi connectivity index (χ1) is 10.7. The largest absolute Gasteiger partial charge is 0.445 e. The molecule has 0 fully saturated rings. The summed E-state index contributed by atoms with van der Waals surface area (Å²) in [4.78, 5) is 34.9. The summed E-state index contributed by atoms with van der Waals surface area (Å²) >= 11 is 0. The summed E-state index contributed by atoms with van der Waals surface area (Å²) in [5, 5.41) is 4.38. The number of ether oxygens (including phenoxy) is 2. The van der Waals surface area contributed by atoms with Gasteiger partial charge in [0.1, 0.15) is 18.2 Å². The van der Waals surface area contributed by atoms with Gasteiger partial charge in [-0.2, -0.15) is 0 Å². The van der Waals surface area contributed by atoms with Gasteiger partial charge in [-0.05, 0) is 33.3 Å². The summed E-state index contributed by atoms with van der Waals surface area (Å²) in [5.41, 5.74) is 0.115. The average molecular weight is 322 g/mol. The Hall–Kier alpha value is -2.57. The van der Waals surface area contributed by atoms with Gasteiger partial charge in [0.15, 0.2) is 0 Å². The van der Waals surface area contributed by atoms with Gasteiger partial charge < -0.3 is 14.8 Å². The smallest absolute Gasteiger partial charge is 0.414 e. The van der Waals surface area contributed by atoms with Gasteiger partial charge in [0.2, 0.25) is 0 Å². The Morgan fingerprint density at radius 3 is 2.26 bits per heavy atom. The number of carbonyl (C=O) groups excluding carboxylic acids is 3. The molecule has 1 aromatic rings. The lowest BCUT2D eigenvalue weighted by Gasteiger charge is -2.20. The van der Waals surface area contributed by atoms with E-state index in [-0.39, 0.29) is 6.61 Å². The van der Waals surface area contributed by atoms with E-state index < -0.39 is 29.7 Å². The van der Waals surface area contributed by atoms with Crippen LogP contribution in [-0.2, 0) is 20.9 Å². The third kappa shape index (κ3) is 7.85. The second-order valence-corrected chi connectivity index (χ2v) is 5.92. The zero-order chi connectivity index (χ0) is 17.5. The number of nitrogens with one attached hydrogen (secondary N) is 2. The van der Waals surface area contributed by atoms with Crippen LogP contribution in [0.2, 0.25) is 0 Å². The fourth-order valence-electron chi connectivity index (χ4n) is 1.52. The molecule has 0 radical (unpaired) electrons. The number of amides is 3. The molecule has 3 amide bonds. The number of hydrogen-bond acceptors (Lipinski definition) is 5. The van der Waals surface area contributed by atoms with Crippen molar-refractivity contribution < 1.29 is 23.9 Å². The molecule has 7 nitrogen and oxygen atoms in total. The highest BCUT2D eigenvalue weighted by atomic mass is 16.6. The second kappa shape index (κ2) is 8.17. The predicted octanol–water partition coefficient (Wildman–Crippen LogP) is 2.35. The van der Waals surface area contributed by atoms with E-state index in [1.807, 2.05) is 35.6 Å². The second-order valence-electron chi connectivity index (χ2n) is 5.92. The lowest BCUT2D eigenvalue weighted by atomic mass is 10.2. The van der Waals surface area contributed by atoms with Crippen molar-refractivity contribution in [2.45, 2.75) is 45.9 Å². The molecule has 0 bridgehead atoms. The van der Waals surface area contributed by atoms with Crippen molar-refractivity contribution in [3.8, 4) is 0 Å². The highest BCUT2D eigenvalue weighted by Gasteiger charge is 2.22. The lowest BCUT2D eigenvalue weighted by molar-refractivity contribution is -0.122. The van der Waals surface area contributed by atoms with E-state index in [2.05, 4.69) is 5.32 Å². The number of hydrogen-bond donors (Lipinski definition) is 2. The molecule has 126 valence electrons. The molecule has 0 heterocycles. The van der Waals surface area contributed by atoms with E-state index in [9.17, 15) is 14.4 Å². The van der Waals surface area contributed by atoms with Crippen molar-refractivity contribution in [2.24, 2.45) is 0 Å². The molecule has 1 atom stereocenters. The molecule has 23 heavy (non-hydrogen) atoms. The van der Waals surface area contributed by atoms with Gasteiger partial charge in [-0.1, -0.05) is 30.3 Å². The van der Waals surface area contributed by atoms with E-state index in [1.165, 1.54) is 6.92 Å². The summed E-state index contributed by atoms with van der Waals surface area (Å²) in [6.45, 7) is 6.57. The molecular weight excluding hydrogens is 300 g/mol. The van der Waals surface area contributed by atoms with Crippen LogP contribution < -0.4 is 10.6 Å². The molecule has 0 saturated heterocycles. The van der Waals surface area contributed by atoms with E-state index in [4.69, 9.17) is 9.47 Å². The van der Waals surface area contributed by atoms with Gasteiger partial charge >= 0.3 is 12.2 Å². The Kier molecular flexibility index (Phi) is 6.56. The van der Waals surface area contributed by atoms with Crippen LogP contribution in [0.25, 0.3) is 0 Å². The van der Waals surface area contributed by atoms with Crippen molar-refractivity contribution in [1.82, 2.24) is 10.6 Å². The number of rotatable bonds is 4. The molecule has 0 spiro atoms. The van der Waals surface area contributed by atoms with Crippen molar-refractivity contribution in [3.63, 3.8) is 0 Å². The SMILES string of the molecule is C[C@H](NC(=O)OCc1ccccc1)C(=O)NC(=O)OC(C)(C)C. The Balaban J connectivity index is 2.36. The molecule has 2 N–H and O–H groups in total. The van der Waals surface area contributed by atoms with E-state index >= 15 is 0 Å². The Labute approximate surface area is 135 Å². The zero-order valence-electron chi connectivity index (χ0n) is 13.7. The summed E-state index contributed by atoms with van der Waals surface area (Å²) in [6.07, 6.45) is -1.62. The standard InChI is InChI=1S/C16H22N2O5/c1-11(13(19)18-15(21)23-16(2,3)4)17-14(20)22-10-12-8-6-5-7-9-12/h5-9,11H,10H2,1-4H3,(H,17,20)(H,18,19,21)/t11-/m0/s1. The molecule has 0 unspecified atom stereocenters. The first kappa shape index (κ1) is 18.5. The number of benzene rings is 1. The Bertz CT molecular complexity index is 551. The minimum atomic E-state index is -0.939. The maximum Gasteiger partial charge on any atom is 0.414 e. The first-order valence-corrected chi connectivity index (χ1v) is 7.18. The molecule has 1 aromatic carbocycles. The van der Waals surface area contributed by atoms with Crippen molar-refractivity contribution in [3.05, 3.63) is 35.9 Å². The van der Waals surface area contributed by atoms with Gasteiger partial charge in [0.05, 0.1) is 0 Å². The minimum absolute atomic E-state index is 0.0904. The van der Waals surface area contributed by atoms with Gasteiger partial charge in [-0.3, -0.25) is 10.1 Å². The van der Waals surface area contributed by atoms with Crippen LogP contribution in [0.5, 0.6) is 0 Å². The van der Waals surface area contributed by atoms with Crippen LogP contribution in [0.3, 0.4) is 0 Å². The van der Waals surface area contributed by atoms with Gasteiger partial charge in [0.25, 0.3) is 5.91 Å². The van der Waals surface area contributed by atoms with Crippen molar-refractivity contribution in [1.29, 1.82) is 0 Å². The summed E-state index contributed by atoms with van der Waals surface area (Å²) in [6, 6.07) is 8.19. The molecule has 0 aromatic heterocycles. The van der Waals surface area contributed by atoms with Crippen LogP contribution in [0, 0.1) is 0 Å². The Morgan fingerprint density at radius 2 is 1.70 bits per heavy atom. The molecule has 0 aliphatic carbocycles.